The highest BCUT2D eigenvalue weighted by molar-refractivity contribution is 5.97. The van der Waals surface area contributed by atoms with Gasteiger partial charge in [0.05, 0.1) is 5.56 Å². The molecule has 0 aromatic heterocycles. The quantitative estimate of drug-likeness (QED) is 0.772. The number of imide groups is 1. The minimum absolute atomic E-state index is 0.241. The van der Waals surface area contributed by atoms with Gasteiger partial charge in [0.15, 0.2) is 6.61 Å². The van der Waals surface area contributed by atoms with Crippen LogP contribution in [0.2, 0.25) is 0 Å². The molecule has 150 valence electrons. The molecule has 0 atom stereocenters. The number of carbonyl (C=O) groups is 3. The number of esters is 1. The Hall–Kier alpha value is -2.51. The zero-order chi connectivity index (χ0) is 19.9. The number of hydrogen-bond donors (Lipinski definition) is 2. The van der Waals surface area contributed by atoms with Crippen LogP contribution in [0, 0.1) is 29.4 Å². The lowest BCUT2D eigenvalue weighted by Gasteiger charge is -2.56. The van der Waals surface area contributed by atoms with Crippen molar-refractivity contribution in [2.75, 3.05) is 6.61 Å². The first-order valence-corrected chi connectivity index (χ1v) is 9.55. The molecule has 2 N–H and O–H groups in total. The second kappa shape index (κ2) is 7.14. The van der Waals surface area contributed by atoms with Crippen LogP contribution in [-0.4, -0.2) is 30.1 Å². The monoisotopic (exact) mass is 392 g/mol. The van der Waals surface area contributed by atoms with Gasteiger partial charge in [0.1, 0.15) is 11.6 Å². The number of nitrogens with one attached hydrogen (secondary N) is 2. The maximum absolute atomic E-state index is 13.1. The lowest BCUT2D eigenvalue weighted by Crippen LogP contribution is -2.62. The molecule has 0 heterocycles. The summed E-state index contributed by atoms with van der Waals surface area (Å²) in [5, 5.41) is 5.15. The van der Waals surface area contributed by atoms with Gasteiger partial charge < -0.3 is 10.1 Å². The number of carbonyl (C=O) groups excluding carboxylic acids is 3. The van der Waals surface area contributed by atoms with Gasteiger partial charge in [-0.3, -0.25) is 10.1 Å². The maximum atomic E-state index is 13.1. The molecule has 0 unspecified atom stereocenters. The third-order valence-electron chi connectivity index (χ3n) is 6.10. The van der Waals surface area contributed by atoms with E-state index >= 15 is 0 Å². The molecule has 0 saturated heterocycles. The highest BCUT2D eigenvalue weighted by Gasteiger charge is 2.51. The number of benzene rings is 1. The van der Waals surface area contributed by atoms with Crippen molar-refractivity contribution in [1.82, 2.24) is 10.6 Å². The van der Waals surface area contributed by atoms with Crippen LogP contribution in [0.3, 0.4) is 0 Å². The fourth-order valence-electron chi connectivity index (χ4n) is 5.58. The van der Waals surface area contributed by atoms with Crippen LogP contribution in [0.4, 0.5) is 13.6 Å². The second-order valence-electron chi connectivity index (χ2n) is 8.43. The highest BCUT2D eigenvalue weighted by atomic mass is 19.1. The van der Waals surface area contributed by atoms with Crippen LogP contribution in [-0.2, 0) is 9.53 Å². The lowest BCUT2D eigenvalue weighted by atomic mass is 9.53. The Bertz CT molecular complexity index is 771. The first-order valence-electron chi connectivity index (χ1n) is 9.55. The van der Waals surface area contributed by atoms with Crippen LogP contribution >= 0.6 is 0 Å². The predicted octanol–water partition coefficient (Wildman–Crippen LogP) is 2.92. The summed E-state index contributed by atoms with van der Waals surface area (Å²) in [4.78, 5) is 36.0. The summed E-state index contributed by atoms with van der Waals surface area (Å²) in [5.74, 6) is -1.75. The first kappa shape index (κ1) is 18.8. The van der Waals surface area contributed by atoms with Gasteiger partial charge in [-0.25, -0.2) is 18.4 Å². The first-order chi connectivity index (χ1) is 13.3. The molecule has 1 aromatic rings. The smallest absolute Gasteiger partial charge is 0.338 e. The van der Waals surface area contributed by atoms with E-state index in [0.717, 1.165) is 31.4 Å². The van der Waals surface area contributed by atoms with Gasteiger partial charge >= 0.3 is 12.0 Å². The van der Waals surface area contributed by atoms with Crippen LogP contribution in [0.15, 0.2) is 18.2 Å². The number of halogens is 2. The third kappa shape index (κ3) is 4.00. The standard InChI is InChI=1S/C20H22F2N2O4/c21-15-4-14(5-16(22)6-15)18(26)28-10-17(25)23-19(27)24-20-7-11-1-12(8-20)3-13(2-11)9-20/h4-6,11-13H,1-3,7-10H2,(H2,23,24,25,27). The van der Waals surface area contributed by atoms with E-state index < -0.39 is 36.1 Å². The van der Waals surface area contributed by atoms with Gasteiger partial charge in [-0.2, -0.15) is 0 Å². The average Bonchev–Trinajstić information content (AvgIpc) is 2.56. The van der Waals surface area contributed by atoms with Crippen molar-refractivity contribution < 1.29 is 27.9 Å². The van der Waals surface area contributed by atoms with E-state index in [-0.39, 0.29) is 11.1 Å². The fraction of sp³-hybridized carbons (Fsp3) is 0.550. The highest BCUT2D eigenvalue weighted by Crippen LogP contribution is 2.55. The average molecular weight is 392 g/mol. The Morgan fingerprint density at radius 3 is 2.04 bits per heavy atom. The molecule has 1 aromatic carbocycles. The molecule has 6 nitrogen and oxygen atoms in total. The summed E-state index contributed by atoms with van der Waals surface area (Å²) in [6.45, 7) is -0.717. The van der Waals surface area contributed by atoms with Crippen molar-refractivity contribution >= 4 is 17.9 Å². The van der Waals surface area contributed by atoms with Crippen LogP contribution in [0.1, 0.15) is 48.9 Å². The molecule has 4 aliphatic carbocycles. The minimum Gasteiger partial charge on any atom is -0.452 e. The molecule has 4 bridgehead atoms. The fourth-order valence-corrected chi connectivity index (χ4v) is 5.58. The van der Waals surface area contributed by atoms with Crippen LogP contribution < -0.4 is 10.6 Å². The normalized spacial score (nSPS) is 30.0. The van der Waals surface area contributed by atoms with E-state index in [1.807, 2.05) is 0 Å². The van der Waals surface area contributed by atoms with Crippen LogP contribution in [0.25, 0.3) is 0 Å². The zero-order valence-electron chi connectivity index (χ0n) is 15.3. The Morgan fingerprint density at radius 2 is 1.50 bits per heavy atom. The van der Waals surface area contributed by atoms with Crippen molar-refractivity contribution in [1.29, 1.82) is 0 Å². The molecular weight excluding hydrogens is 370 g/mol. The van der Waals surface area contributed by atoms with Crippen molar-refractivity contribution in [3.05, 3.63) is 35.4 Å². The zero-order valence-corrected chi connectivity index (χ0v) is 15.3. The molecule has 0 radical (unpaired) electrons. The largest absolute Gasteiger partial charge is 0.452 e. The number of ether oxygens (including phenoxy) is 1. The molecule has 0 aliphatic heterocycles. The molecule has 4 saturated carbocycles. The van der Waals surface area contributed by atoms with Gasteiger partial charge in [-0.15, -0.1) is 0 Å². The van der Waals surface area contributed by atoms with E-state index in [9.17, 15) is 23.2 Å². The minimum atomic E-state index is -1.05. The Kier molecular flexibility index (Phi) is 4.81. The molecule has 5 rings (SSSR count). The molecular formula is C20H22F2N2O4. The molecule has 0 spiro atoms. The molecule has 4 fully saturated rings. The van der Waals surface area contributed by atoms with Crippen molar-refractivity contribution in [2.45, 2.75) is 44.1 Å². The lowest BCUT2D eigenvalue weighted by molar-refractivity contribution is -0.123. The Labute approximate surface area is 161 Å². The molecule has 3 amide bonds. The predicted molar refractivity (Wildman–Crippen MR) is 94.2 cm³/mol. The number of rotatable bonds is 4. The summed E-state index contributed by atoms with van der Waals surface area (Å²) in [6, 6.07) is 1.64. The third-order valence-corrected chi connectivity index (χ3v) is 6.10. The summed E-state index contributed by atoms with van der Waals surface area (Å²) < 4.78 is 31.0. The van der Waals surface area contributed by atoms with Gasteiger partial charge in [-0.1, -0.05) is 0 Å². The summed E-state index contributed by atoms with van der Waals surface area (Å²) in [5.41, 5.74) is -0.585. The Balaban J connectivity index is 1.27. The van der Waals surface area contributed by atoms with E-state index in [1.165, 1.54) is 19.3 Å². The van der Waals surface area contributed by atoms with Crippen LogP contribution in [0.5, 0.6) is 0 Å². The summed E-state index contributed by atoms with van der Waals surface area (Å²) in [6.07, 6.45) is 6.54. The topological polar surface area (TPSA) is 84.5 Å². The summed E-state index contributed by atoms with van der Waals surface area (Å²) >= 11 is 0. The summed E-state index contributed by atoms with van der Waals surface area (Å²) in [7, 11) is 0. The van der Waals surface area contributed by atoms with Gasteiger partial charge in [0, 0.05) is 11.6 Å². The second-order valence-corrected chi connectivity index (χ2v) is 8.43. The molecule has 4 aliphatic rings. The van der Waals surface area contributed by atoms with E-state index in [1.54, 1.807) is 0 Å². The van der Waals surface area contributed by atoms with E-state index in [0.29, 0.717) is 23.8 Å². The number of hydrogen-bond acceptors (Lipinski definition) is 4. The maximum Gasteiger partial charge on any atom is 0.338 e. The SMILES string of the molecule is O=C(COC(=O)c1cc(F)cc(F)c1)NC(=O)NC12CC3CC(CC(C3)C1)C2. The molecule has 8 heteroatoms. The van der Waals surface area contributed by atoms with E-state index in [2.05, 4.69) is 10.6 Å². The Morgan fingerprint density at radius 1 is 0.964 bits per heavy atom. The van der Waals surface area contributed by atoms with E-state index in [4.69, 9.17) is 4.74 Å². The van der Waals surface area contributed by atoms with Crippen molar-refractivity contribution in [3.8, 4) is 0 Å². The van der Waals surface area contributed by atoms with Gasteiger partial charge in [-0.05, 0) is 68.4 Å². The number of amides is 3. The van der Waals surface area contributed by atoms with Gasteiger partial charge in [0.2, 0.25) is 0 Å². The van der Waals surface area contributed by atoms with Crippen molar-refractivity contribution in [2.24, 2.45) is 17.8 Å². The molecule has 28 heavy (non-hydrogen) atoms. The van der Waals surface area contributed by atoms with Gasteiger partial charge in [0.25, 0.3) is 5.91 Å². The number of urea groups is 1. The van der Waals surface area contributed by atoms with Crippen molar-refractivity contribution in [3.63, 3.8) is 0 Å².